The normalized spacial score (nSPS) is 28.4. The van der Waals surface area contributed by atoms with Crippen molar-refractivity contribution in [3.63, 3.8) is 0 Å². The van der Waals surface area contributed by atoms with E-state index in [0.29, 0.717) is 6.04 Å². The third-order valence-electron chi connectivity index (χ3n) is 6.63. The third-order valence-corrected chi connectivity index (χ3v) is 6.63. The summed E-state index contributed by atoms with van der Waals surface area (Å²) in [6.45, 7) is 0. The maximum Gasteiger partial charge on any atom is 0.191 e. The van der Waals surface area contributed by atoms with Crippen LogP contribution in [0, 0.1) is 11.8 Å². The van der Waals surface area contributed by atoms with Crippen LogP contribution in [0.15, 0.2) is 60.3 Å². The molecule has 2 heteroatoms. The van der Waals surface area contributed by atoms with Gasteiger partial charge in [-0.1, -0.05) is 55.0 Å². The summed E-state index contributed by atoms with van der Waals surface area (Å²) in [6, 6.07) is 17.1. The molecule has 2 fully saturated rings. The van der Waals surface area contributed by atoms with E-state index in [1.807, 2.05) is 18.2 Å². The van der Waals surface area contributed by atoms with Crippen LogP contribution in [0.5, 0.6) is 0 Å². The zero-order chi connectivity index (χ0) is 17.5. The van der Waals surface area contributed by atoms with Crippen molar-refractivity contribution in [3.8, 4) is 11.1 Å². The largest absolute Gasteiger partial charge is 0.388 e. The van der Waals surface area contributed by atoms with Crippen LogP contribution in [-0.2, 0) is 6.42 Å². The fraction of sp³-hybridized carbons (Fsp3) is 0.375. The third kappa shape index (κ3) is 2.68. The van der Waals surface area contributed by atoms with Gasteiger partial charge in [-0.15, -0.1) is 0 Å². The number of carbonyl (C=O) groups excluding carboxylic acids is 1. The second kappa shape index (κ2) is 6.42. The van der Waals surface area contributed by atoms with Crippen molar-refractivity contribution in [2.45, 2.75) is 44.6 Å². The van der Waals surface area contributed by atoms with E-state index < -0.39 is 0 Å². The van der Waals surface area contributed by atoms with Crippen LogP contribution in [0.25, 0.3) is 11.1 Å². The lowest BCUT2D eigenvalue weighted by Crippen LogP contribution is -2.31. The minimum atomic E-state index is 0.210. The summed E-state index contributed by atoms with van der Waals surface area (Å²) in [5.41, 5.74) is 5.24. The molecule has 0 aromatic heterocycles. The van der Waals surface area contributed by atoms with Crippen LogP contribution in [-0.4, -0.2) is 11.8 Å². The molecule has 0 aliphatic heterocycles. The van der Waals surface area contributed by atoms with Crippen molar-refractivity contribution in [3.05, 3.63) is 71.4 Å². The smallest absolute Gasteiger partial charge is 0.191 e. The van der Waals surface area contributed by atoms with Gasteiger partial charge in [0.25, 0.3) is 0 Å². The van der Waals surface area contributed by atoms with Gasteiger partial charge >= 0.3 is 0 Å². The number of carbonyl (C=O) groups is 1. The summed E-state index contributed by atoms with van der Waals surface area (Å²) in [5, 5.41) is 3.62. The van der Waals surface area contributed by atoms with Crippen molar-refractivity contribution in [2.75, 3.05) is 0 Å². The lowest BCUT2D eigenvalue weighted by molar-refractivity contribution is 0.102. The van der Waals surface area contributed by atoms with Gasteiger partial charge in [0.2, 0.25) is 0 Å². The minimum Gasteiger partial charge on any atom is -0.388 e. The number of allylic oxidation sites excluding steroid dienone is 1. The number of fused-ring (bicyclic) bond motifs is 3. The molecule has 0 saturated heterocycles. The van der Waals surface area contributed by atoms with Gasteiger partial charge in [-0.25, -0.2) is 0 Å². The Balaban J connectivity index is 1.44. The Morgan fingerprint density at radius 1 is 0.923 bits per heavy atom. The standard InChI is InChI=1S/C24H25NO/c26-24-20(15-25-22-14-16-9-10-19(22)13-16)12-11-18-7-4-8-21(23(18)24)17-5-2-1-3-6-17/h1-8,15-16,19,22,25H,9-14H2/b20-15+. The molecule has 2 bridgehead atoms. The fourth-order valence-electron chi connectivity index (χ4n) is 5.27. The SMILES string of the molecule is O=C1/C(=C/NC2CC3CCC2C3)CCc2cccc(-c3ccccc3)c21. The summed E-state index contributed by atoms with van der Waals surface area (Å²) in [6.07, 6.45) is 9.29. The topological polar surface area (TPSA) is 29.1 Å². The summed E-state index contributed by atoms with van der Waals surface area (Å²) in [7, 11) is 0. The highest BCUT2D eigenvalue weighted by Crippen LogP contribution is 2.44. The zero-order valence-corrected chi connectivity index (χ0v) is 15.1. The quantitative estimate of drug-likeness (QED) is 0.781. The minimum absolute atomic E-state index is 0.210. The Hall–Kier alpha value is -2.35. The maximum absolute atomic E-state index is 13.3. The van der Waals surface area contributed by atoms with Crippen molar-refractivity contribution < 1.29 is 4.79 Å². The van der Waals surface area contributed by atoms with Crippen molar-refractivity contribution in [1.82, 2.24) is 5.32 Å². The Morgan fingerprint density at radius 2 is 1.81 bits per heavy atom. The number of Topliss-reactive ketones (excluding diaryl/α,β-unsaturated/α-hetero) is 1. The number of benzene rings is 2. The fourth-order valence-corrected chi connectivity index (χ4v) is 5.27. The number of aryl methyl sites for hydroxylation is 1. The van der Waals surface area contributed by atoms with E-state index in [4.69, 9.17) is 0 Å². The van der Waals surface area contributed by atoms with E-state index in [1.54, 1.807) is 0 Å². The van der Waals surface area contributed by atoms with E-state index in [2.05, 4.69) is 41.8 Å². The van der Waals surface area contributed by atoms with E-state index in [-0.39, 0.29) is 5.78 Å². The first kappa shape index (κ1) is 15.9. The zero-order valence-electron chi connectivity index (χ0n) is 15.1. The average Bonchev–Trinajstić information content (AvgIpc) is 3.31. The molecule has 3 aliphatic carbocycles. The maximum atomic E-state index is 13.3. The monoisotopic (exact) mass is 343 g/mol. The van der Waals surface area contributed by atoms with E-state index in [1.165, 1.54) is 31.2 Å². The lowest BCUT2D eigenvalue weighted by Gasteiger charge is -2.24. The molecule has 2 saturated carbocycles. The lowest BCUT2D eigenvalue weighted by atomic mass is 9.82. The van der Waals surface area contributed by atoms with Crippen LogP contribution in [0.2, 0.25) is 0 Å². The van der Waals surface area contributed by atoms with Crippen LogP contribution >= 0.6 is 0 Å². The highest BCUT2D eigenvalue weighted by molar-refractivity contribution is 6.14. The summed E-state index contributed by atoms with van der Waals surface area (Å²) < 4.78 is 0. The molecule has 2 aromatic carbocycles. The van der Waals surface area contributed by atoms with E-state index in [9.17, 15) is 4.79 Å². The van der Waals surface area contributed by atoms with E-state index >= 15 is 0 Å². The van der Waals surface area contributed by atoms with Gasteiger partial charge in [-0.2, -0.15) is 0 Å². The predicted octanol–water partition coefficient (Wildman–Crippen LogP) is 5.14. The van der Waals surface area contributed by atoms with E-state index in [0.717, 1.165) is 46.9 Å². The number of ketones is 1. The first-order valence-electron chi connectivity index (χ1n) is 9.96. The second-order valence-corrected chi connectivity index (χ2v) is 8.15. The van der Waals surface area contributed by atoms with Crippen LogP contribution in [0.1, 0.15) is 48.0 Å². The van der Waals surface area contributed by atoms with Gasteiger partial charge in [-0.05, 0) is 60.6 Å². The molecule has 26 heavy (non-hydrogen) atoms. The number of hydrogen-bond acceptors (Lipinski definition) is 2. The Bertz CT molecular complexity index is 867. The number of nitrogens with one attached hydrogen (secondary N) is 1. The highest BCUT2D eigenvalue weighted by Gasteiger charge is 2.39. The van der Waals surface area contributed by atoms with Gasteiger partial charge in [0.15, 0.2) is 5.78 Å². The van der Waals surface area contributed by atoms with Gasteiger partial charge in [0.1, 0.15) is 0 Å². The number of hydrogen-bond donors (Lipinski definition) is 1. The Kier molecular flexibility index (Phi) is 3.92. The molecule has 2 aromatic rings. The second-order valence-electron chi connectivity index (χ2n) is 8.15. The molecular weight excluding hydrogens is 318 g/mol. The molecule has 0 spiro atoms. The Morgan fingerprint density at radius 3 is 2.58 bits per heavy atom. The van der Waals surface area contributed by atoms with Gasteiger partial charge < -0.3 is 5.32 Å². The summed E-state index contributed by atoms with van der Waals surface area (Å²) >= 11 is 0. The molecule has 0 heterocycles. The molecule has 132 valence electrons. The molecule has 2 nitrogen and oxygen atoms in total. The van der Waals surface area contributed by atoms with Crippen LogP contribution in [0.4, 0.5) is 0 Å². The predicted molar refractivity (Wildman–Crippen MR) is 105 cm³/mol. The van der Waals surface area contributed by atoms with Crippen molar-refractivity contribution >= 4 is 5.78 Å². The molecule has 3 aliphatic rings. The first-order valence-corrected chi connectivity index (χ1v) is 9.96. The van der Waals surface area contributed by atoms with Crippen molar-refractivity contribution in [2.24, 2.45) is 11.8 Å². The summed E-state index contributed by atoms with van der Waals surface area (Å²) in [4.78, 5) is 13.3. The molecule has 3 atom stereocenters. The first-order chi connectivity index (χ1) is 12.8. The highest BCUT2D eigenvalue weighted by atomic mass is 16.1. The Labute approximate surface area is 155 Å². The number of rotatable bonds is 3. The van der Waals surface area contributed by atoms with Gasteiger partial charge in [0.05, 0.1) is 0 Å². The van der Waals surface area contributed by atoms with Crippen LogP contribution in [0.3, 0.4) is 0 Å². The molecule has 0 amide bonds. The molecule has 5 rings (SSSR count). The van der Waals surface area contributed by atoms with Crippen LogP contribution < -0.4 is 5.32 Å². The van der Waals surface area contributed by atoms with Crippen molar-refractivity contribution in [1.29, 1.82) is 0 Å². The summed E-state index contributed by atoms with van der Waals surface area (Å²) in [5.74, 6) is 1.95. The molecule has 0 radical (unpaired) electrons. The molecular formula is C24H25NO. The molecule has 1 N–H and O–H groups in total. The van der Waals surface area contributed by atoms with Gasteiger partial charge in [-0.3, -0.25) is 4.79 Å². The van der Waals surface area contributed by atoms with Gasteiger partial charge in [0, 0.05) is 23.4 Å². The molecule has 3 unspecified atom stereocenters. The average molecular weight is 343 g/mol.